The van der Waals surface area contributed by atoms with E-state index in [0.717, 1.165) is 12.2 Å². The van der Waals surface area contributed by atoms with Gasteiger partial charge in [0.25, 0.3) is 0 Å². The summed E-state index contributed by atoms with van der Waals surface area (Å²) in [6, 6.07) is 6.28. The topological polar surface area (TPSA) is 9.23 Å². The van der Waals surface area contributed by atoms with Crippen LogP contribution >= 0.6 is 0 Å². The Hall–Kier alpha value is -1.24. The lowest BCUT2D eigenvalue weighted by Crippen LogP contribution is -2.26. The molecule has 0 bridgehead atoms. The van der Waals surface area contributed by atoms with Gasteiger partial charge >= 0.3 is 0 Å². The zero-order valence-corrected chi connectivity index (χ0v) is 9.00. The smallest absolute Gasteiger partial charge is 0.120 e. The van der Waals surface area contributed by atoms with Crippen LogP contribution in [-0.2, 0) is 0 Å². The minimum Gasteiger partial charge on any atom is -0.488 e. The number of benzene rings is 1. The molecule has 1 aromatic carbocycles. The molecule has 1 heteroatoms. The van der Waals surface area contributed by atoms with Gasteiger partial charge in [-0.2, -0.15) is 0 Å². The molecular weight excluding hydrogens is 172 g/mol. The van der Waals surface area contributed by atoms with Crippen molar-refractivity contribution in [1.82, 2.24) is 0 Å². The van der Waals surface area contributed by atoms with Crippen molar-refractivity contribution in [2.75, 3.05) is 0 Å². The van der Waals surface area contributed by atoms with Crippen LogP contribution in [0.3, 0.4) is 0 Å². The highest BCUT2D eigenvalue weighted by molar-refractivity contribution is 5.48. The Labute approximate surface area is 84.7 Å². The molecule has 0 saturated carbocycles. The molecule has 0 heterocycles. The maximum Gasteiger partial charge on any atom is 0.120 e. The molecule has 2 rings (SSSR count). The first kappa shape index (κ1) is 9.32. The van der Waals surface area contributed by atoms with E-state index < -0.39 is 0 Å². The maximum atomic E-state index is 5.79. The van der Waals surface area contributed by atoms with Crippen LogP contribution in [-0.4, -0.2) is 5.60 Å². The van der Waals surface area contributed by atoms with E-state index in [1.807, 2.05) is 6.07 Å². The molecule has 0 aromatic heterocycles. The van der Waals surface area contributed by atoms with E-state index in [1.54, 1.807) is 0 Å². The van der Waals surface area contributed by atoms with Crippen molar-refractivity contribution in [2.45, 2.75) is 32.8 Å². The average molecular weight is 188 g/mol. The highest BCUT2D eigenvalue weighted by Gasteiger charge is 2.11. The number of hydrogen-bond acceptors (Lipinski definition) is 1. The Bertz CT molecular complexity index is 449. The maximum absolute atomic E-state index is 5.79. The van der Waals surface area contributed by atoms with Gasteiger partial charge in [-0.25, -0.2) is 0 Å². The molecule has 0 spiro atoms. The van der Waals surface area contributed by atoms with Crippen LogP contribution in [0.1, 0.15) is 27.2 Å². The zero-order chi connectivity index (χ0) is 10.2. The first-order chi connectivity index (χ1) is 6.54. The molecule has 1 aromatic rings. The van der Waals surface area contributed by atoms with Crippen molar-refractivity contribution in [3.8, 4) is 5.75 Å². The van der Waals surface area contributed by atoms with Gasteiger partial charge in [-0.3, -0.25) is 0 Å². The molecule has 0 fully saturated rings. The third-order valence-corrected chi connectivity index (χ3v) is 2.16. The summed E-state index contributed by atoms with van der Waals surface area (Å²) in [6.07, 6.45) is 5.51. The first-order valence-electron chi connectivity index (χ1n) is 5.04. The van der Waals surface area contributed by atoms with Gasteiger partial charge in [0.15, 0.2) is 0 Å². The van der Waals surface area contributed by atoms with Crippen LogP contribution in [0.4, 0.5) is 0 Å². The molecular formula is C13H16O. The molecule has 0 amide bonds. The van der Waals surface area contributed by atoms with E-state index >= 15 is 0 Å². The van der Waals surface area contributed by atoms with Crippen LogP contribution in [0.2, 0.25) is 0 Å². The molecule has 0 atom stereocenters. The number of fused-ring (bicyclic) bond motifs is 1. The van der Waals surface area contributed by atoms with Gasteiger partial charge in [0.1, 0.15) is 11.4 Å². The molecule has 0 aliphatic heterocycles. The van der Waals surface area contributed by atoms with Crippen molar-refractivity contribution in [3.63, 3.8) is 0 Å². The lowest BCUT2D eigenvalue weighted by molar-refractivity contribution is 0.131. The third-order valence-electron chi connectivity index (χ3n) is 2.16. The van der Waals surface area contributed by atoms with Gasteiger partial charge in [-0.1, -0.05) is 18.2 Å². The van der Waals surface area contributed by atoms with Crippen molar-refractivity contribution < 1.29 is 4.74 Å². The Balaban J connectivity index is 2.36. The highest BCUT2D eigenvalue weighted by Crippen LogP contribution is 2.14. The zero-order valence-electron chi connectivity index (χ0n) is 9.00. The van der Waals surface area contributed by atoms with E-state index in [9.17, 15) is 0 Å². The molecule has 0 saturated heterocycles. The van der Waals surface area contributed by atoms with Crippen LogP contribution in [0.25, 0.3) is 12.2 Å². The molecule has 0 unspecified atom stereocenters. The van der Waals surface area contributed by atoms with E-state index in [4.69, 9.17) is 4.74 Å². The standard InChI is InChI=1S/C13H16O/c1-13(2,3)14-12-8-7-10-5-4-6-11(10)9-12/h5-9H,4H2,1-3H3. The summed E-state index contributed by atoms with van der Waals surface area (Å²) < 4.78 is 5.79. The van der Waals surface area contributed by atoms with Crippen molar-refractivity contribution >= 4 is 12.2 Å². The molecule has 1 aliphatic rings. The van der Waals surface area contributed by atoms with E-state index in [-0.39, 0.29) is 5.60 Å². The summed E-state index contributed by atoms with van der Waals surface area (Å²) in [7, 11) is 0. The predicted molar refractivity (Wildman–Crippen MR) is 59.6 cm³/mol. The summed E-state index contributed by atoms with van der Waals surface area (Å²) in [4.78, 5) is 0. The SMILES string of the molecule is CC(C)(C)Oc1ccc2c(c1)=CCC=2. The van der Waals surface area contributed by atoms with Gasteiger partial charge in [0, 0.05) is 0 Å². The van der Waals surface area contributed by atoms with Gasteiger partial charge in [0.2, 0.25) is 0 Å². The number of ether oxygens (including phenoxy) is 1. The minimum atomic E-state index is -0.115. The molecule has 74 valence electrons. The summed E-state index contributed by atoms with van der Waals surface area (Å²) in [6.45, 7) is 6.20. The minimum absolute atomic E-state index is 0.115. The average Bonchev–Trinajstić information content (AvgIpc) is 2.47. The number of hydrogen-bond donors (Lipinski definition) is 0. The summed E-state index contributed by atoms with van der Waals surface area (Å²) in [5.74, 6) is 0.961. The van der Waals surface area contributed by atoms with E-state index in [2.05, 4.69) is 45.1 Å². The van der Waals surface area contributed by atoms with Crippen LogP contribution in [0.5, 0.6) is 5.75 Å². The number of rotatable bonds is 1. The fraction of sp³-hybridized carbons (Fsp3) is 0.385. The Morgan fingerprint density at radius 2 is 1.79 bits per heavy atom. The second-order valence-corrected chi connectivity index (χ2v) is 4.65. The van der Waals surface area contributed by atoms with Gasteiger partial charge < -0.3 is 4.74 Å². The van der Waals surface area contributed by atoms with Crippen molar-refractivity contribution in [3.05, 3.63) is 28.6 Å². The Morgan fingerprint density at radius 1 is 1.07 bits per heavy atom. The summed E-state index contributed by atoms with van der Waals surface area (Å²) in [5, 5.41) is 2.62. The molecule has 1 nitrogen and oxygen atoms in total. The van der Waals surface area contributed by atoms with E-state index in [0.29, 0.717) is 0 Å². The predicted octanol–water partition coefficient (Wildman–Crippen LogP) is 1.83. The Morgan fingerprint density at radius 3 is 2.50 bits per heavy atom. The van der Waals surface area contributed by atoms with Crippen molar-refractivity contribution in [1.29, 1.82) is 0 Å². The Kier molecular flexibility index (Phi) is 2.10. The molecule has 0 N–H and O–H groups in total. The highest BCUT2D eigenvalue weighted by atomic mass is 16.5. The van der Waals surface area contributed by atoms with E-state index in [1.165, 1.54) is 10.4 Å². The van der Waals surface area contributed by atoms with Gasteiger partial charge in [-0.05, 0) is 49.8 Å². The van der Waals surface area contributed by atoms with Gasteiger partial charge in [0.05, 0.1) is 0 Å². The van der Waals surface area contributed by atoms with Crippen molar-refractivity contribution in [2.24, 2.45) is 0 Å². The second kappa shape index (κ2) is 3.16. The molecule has 14 heavy (non-hydrogen) atoms. The largest absolute Gasteiger partial charge is 0.488 e. The lowest BCUT2D eigenvalue weighted by atomic mass is 10.2. The fourth-order valence-electron chi connectivity index (χ4n) is 1.65. The molecule has 0 radical (unpaired) electrons. The third kappa shape index (κ3) is 1.98. The van der Waals surface area contributed by atoms with Crippen LogP contribution < -0.4 is 15.2 Å². The van der Waals surface area contributed by atoms with Gasteiger partial charge in [-0.15, -0.1) is 0 Å². The monoisotopic (exact) mass is 188 g/mol. The van der Waals surface area contributed by atoms with Crippen LogP contribution in [0, 0.1) is 0 Å². The molecule has 1 aliphatic carbocycles. The summed E-state index contributed by atoms with van der Waals surface area (Å²) in [5.41, 5.74) is -0.115. The second-order valence-electron chi connectivity index (χ2n) is 4.65. The summed E-state index contributed by atoms with van der Waals surface area (Å²) >= 11 is 0. The quantitative estimate of drug-likeness (QED) is 0.653. The first-order valence-corrected chi connectivity index (χ1v) is 5.04. The fourth-order valence-corrected chi connectivity index (χ4v) is 1.65. The van der Waals surface area contributed by atoms with Crippen LogP contribution in [0.15, 0.2) is 18.2 Å². The lowest BCUT2D eigenvalue weighted by Gasteiger charge is -2.21. The normalized spacial score (nSPS) is 14.2.